The van der Waals surface area contributed by atoms with Crippen LogP contribution in [-0.4, -0.2) is 24.4 Å². The molecule has 2 N–H and O–H groups in total. The molecule has 0 aliphatic rings. The Hall–Kier alpha value is -2.87. The Morgan fingerprint density at radius 1 is 0.938 bits per heavy atom. The Bertz CT molecular complexity index is 1190. The summed E-state index contributed by atoms with van der Waals surface area (Å²) < 4.78 is 5.15. The lowest BCUT2D eigenvalue weighted by Gasteiger charge is -2.09. The molecule has 0 radical (unpaired) electrons. The van der Waals surface area contributed by atoms with Crippen molar-refractivity contribution in [2.45, 2.75) is 20.8 Å². The lowest BCUT2D eigenvalue weighted by Crippen LogP contribution is -2.15. The van der Waals surface area contributed by atoms with E-state index >= 15 is 0 Å². The van der Waals surface area contributed by atoms with Crippen LogP contribution in [0.25, 0.3) is 0 Å². The van der Waals surface area contributed by atoms with Crippen LogP contribution >= 0.6 is 34.5 Å². The lowest BCUT2D eigenvalue weighted by molar-refractivity contribution is 0.0527. The van der Waals surface area contributed by atoms with E-state index in [1.165, 1.54) is 0 Å². The Morgan fingerprint density at radius 3 is 2.28 bits per heavy atom. The molecule has 2 amide bonds. The minimum atomic E-state index is -0.620. The van der Waals surface area contributed by atoms with E-state index in [4.69, 9.17) is 27.9 Å². The van der Waals surface area contributed by atoms with Gasteiger partial charge in [-0.2, -0.15) is 0 Å². The molecular weight excluding hydrogens is 471 g/mol. The number of hydrogen-bond donors (Lipinski definition) is 2. The third-order valence-corrected chi connectivity index (χ3v) is 6.55. The van der Waals surface area contributed by atoms with E-state index < -0.39 is 17.8 Å². The summed E-state index contributed by atoms with van der Waals surface area (Å²) in [5.41, 5.74) is 2.19. The molecule has 0 atom stereocenters. The molecule has 0 aliphatic heterocycles. The van der Waals surface area contributed by atoms with Crippen molar-refractivity contribution in [1.29, 1.82) is 0 Å². The van der Waals surface area contributed by atoms with E-state index in [1.807, 2.05) is 0 Å². The second-order valence-corrected chi connectivity index (χ2v) is 8.67. The van der Waals surface area contributed by atoms with Gasteiger partial charge in [-0.05, 0) is 68.3 Å². The van der Waals surface area contributed by atoms with Gasteiger partial charge < -0.3 is 15.4 Å². The second kappa shape index (κ2) is 10.2. The van der Waals surface area contributed by atoms with Crippen molar-refractivity contribution in [1.82, 2.24) is 0 Å². The minimum Gasteiger partial charge on any atom is -0.462 e. The van der Waals surface area contributed by atoms with E-state index in [-0.39, 0.29) is 22.0 Å². The summed E-state index contributed by atoms with van der Waals surface area (Å²) in [6.07, 6.45) is 0. The van der Waals surface area contributed by atoms with Gasteiger partial charge in [-0.3, -0.25) is 9.59 Å². The number of amides is 2. The first kappa shape index (κ1) is 23.8. The second-order valence-electron chi connectivity index (χ2n) is 6.81. The molecule has 0 saturated heterocycles. The maximum absolute atomic E-state index is 13.0. The predicted molar refractivity (Wildman–Crippen MR) is 129 cm³/mol. The first-order valence-corrected chi connectivity index (χ1v) is 11.2. The van der Waals surface area contributed by atoms with Gasteiger partial charge in [-0.1, -0.05) is 29.3 Å². The van der Waals surface area contributed by atoms with Crippen LogP contribution in [0.5, 0.6) is 0 Å². The molecule has 2 aromatic carbocycles. The average Bonchev–Trinajstić information content (AvgIpc) is 3.08. The molecule has 0 bridgehead atoms. The van der Waals surface area contributed by atoms with E-state index in [9.17, 15) is 14.4 Å². The Labute approximate surface area is 199 Å². The number of anilines is 2. The van der Waals surface area contributed by atoms with E-state index in [0.29, 0.717) is 26.9 Å². The molecule has 32 heavy (non-hydrogen) atoms. The molecule has 3 aromatic rings. The molecule has 9 heteroatoms. The van der Waals surface area contributed by atoms with E-state index in [0.717, 1.165) is 16.9 Å². The summed E-state index contributed by atoms with van der Waals surface area (Å²) in [5, 5.41) is 6.79. The van der Waals surface area contributed by atoms with Crippen molar-refractivity contribution in [3.8, 4) is 0 Å². The zero-order valence-corrected chi connectivity index (χ0v) is 19.9. The van der Waals surface area contributed by atoms with E-state index in [2.05, 4.69) is 10.6 Å². The highest BCUT2D eigenvalue weighted by Gasteiger charge is 2.27. The van der Waals surface area contributed by atoms with Crippen LogP contribution < -0.4 is 10.6 Å². The molecule has 0 spiro atoms. The van der Waals surface area contributed by atoms with Crippen LogP contribution in [-0.2, 0) is 4.74 Å². The van der Waals surface area contributed by atoms with Gasteiger partial charge in [-0.15, -0.1) is 11.3 Å². The van der Waals surface area contributed by atoms with Crippen LogP contribution in [0.4, 0.5) is 10.7 Å². The molecule has 0 saturated carbocycles. The molecule has 1 heterocycles. The lowest BCUT2D eigenvalue weighted by atomic mass is 10.1. The molecule has 0 fully saturated rings. The highest BCUT2D eigenvalue weighted by molar-refractivity contribution is 7.19. The number of carbonyl (C=O) groups is 3. The van der Waals surface area contributed by atoms with Crippen molar-refractivity contribution in [3.63, 3.8) is 0 Å². The molecule has 3 rings (SSSR count). The zero-order chi connectivity index (χ0) is 23.4. The van der Waals surface area contributed by atoms with Crippen LogP contribution in [0.15, 0.2) is 42.5 Å². The van der Waals surface area contributed by atoms with Gasteiger partial charge >= 0.3 is 5.97 Å². The number of halogens is 2. The molecule has 6 nitrogen and oxygen atoms in total. The molecule has 166 valence electrons. The monoisotopic (exact) mass is 490 g/mol. The van der Waals surface area contributed by atoms with Gasteiger partial charge in [0.2, 0.25) is 0 Å². The quantitative estimate of drug-likeness (QED) is 0.394. The van der Waals surface area contributed by atoms with Crippen LogP contribution in [0.1, 0.15) is 48.4 Å². The Kier molecular flexibility index (Phi) is 7.56. The maximum atomic E-state index is 13.0. The van der Waals surface area contributed by atoms with Gasteiger partial charge in [-0.25, -0.2) is 4.79 Å². The topological polar surface area (TPSA) is 84.5 Å². The molecule has 0 aliphatic carbocycles. The zero-order valence-electron chi connectivity index (χ0n) is 17.5. The molecule has 1 aromatic heterocycles. The number of nitrogens with one attached hydrogen (secondary N) is 2. The largest absolute Gasteiger partial charge is 0.462 e. The third-order valence-electron chi connectivity index (χ3n) is 4.68. The first-order chi connectivity index (χ1) is 15.2. The number of benzene rings is 2. The highest BCUT2D eigenvalue weighted by Crippen LogP contribution is 2.35. The number of esters is 1. The number of carbonyl (C=O) groups excluding carboxylic acids is 3. The van der Waals surface area contributed by atoms with Gasteiger partial charge in [0.15, 0.2) is 0 Å². The maximum Gasteiger partial charge on any atom is 0.341 e. The van der Waals surface area contributed by atoms with Crippen molar-refractivity contribution in [3.05, 3.63) is 79.6 Å². The summed E-state index contributed by atoms with van der Waals surface area (Å²) in [4.78, 5) is 38.6. The summed E-state index contributed by atoms with van der Waals surface area (Å²) in [6.45, 7) is 5.27. The van der Waals surface area contributed by atoms with Crippen LogP contribution in [0.3, 0.4) is 0 Å². The summed E-state index contributed by atoms with van der Waals surface area (Å²) in [5.74, 6) is -1.48. The first-order valence-electron chi connectivity index (χ1n) is 9.66. The number of thiophene rings is 1. The number of rotatable bonds is 6. The van der Waals surface area contributed by atoms with Gasteiger partial charge in [0.1, 0.15) is 5.00 Å². The smallest absolute Gasteiger partial charge is 0.341 e. The molecular formula is C23H20Cl2N2O4S. The van der Waals surface area contributed by atoms with Crippen molar-refractivity contribution >= 4 is 63.0 Å². The Balaban J connectivity index is 1.96. The van der Waals surface area contributed by atoms with Crippen molar-refractivity contribution in [2.24, 2.45) is 0 Å². The minimum absolute atomic E-state index is 0.145. The van der Waals surface area contributed by atoms with Crippen molar-refractivity contribution < 1.29 is 19.1 Å². The predicted octanol–water partition coefficient (Wildman–Crippen LogP) is 6.35. The van der Waals surface area contributed by atoms with Gasteiger partial charge in [0.05, 0.1) is 17.0 Å². The standard InChI is InChI=1S/C23H20Cl2N2O4S/c1-4-31-23(30)18-13(3)19(21(29)26-17-7-5-6-16(25)12(17)2)32-22(18)27-20(28)14-8-10-15(24)11-9-14/h5-11H,4H2,1-3H3,(H,26,29)(H,27,28). The fraction of sp³-hybridized carbons (Fsp3) is 0.174. The highest BCUT2D eigenvalue weighted by atomic mass is 35.5. The number of hydrogen-bond acceptors (Lipinski definition) is 5. The summed E-state index contributed by atoms with van der Waals surface area (Å²) in [7, 11) is 0. The van der Waals surface area contributed by atoms with E-state index in [1.54, 1.807) is 63.2 Å². The Morgan fingerprint density at radius 2 is 1.62 bits per heavy atom. The molecule has 0 unspecified atom stereocenters. The van der Waals surface area contributed by atoms with Crippen molar-refractivity contribution in [2.75, 3.05) is 17.2 Å². The van der Waals surface area contributed by atoms with Crippen LogP contribution in [0.2, 0.25) is 10.0 Å². The average molecular weight is 491 g/mol. The fourth-order valence-corrected chi connectivity index (χ4v) is 4.35. The summed E-state index contributed by atoms with van der Waals surface area (Å²) >= 11 is 13.0. The third kappa shape index (κ3) is 5.12. The normalized spacial score (nSPS) is 10.5. The van der Waals surface area contributed by atoms with Gasteiger partial charge in [0, 0.05) is 21.3 Å². The summed E-state index contributed by atoms with van der Waals surface area (Å²) in [6, 6.07) is 11.5. The van der Waals surface area contributed by atoms with Gasteiger partial charge in [0.25, 0.3) is 11.8 Å². The number of ether oxygens (including phenoxy) is 1. The van der Waals surface area contributed by atoms with Crippen LogP contribution in [0, 0.1) is 13.8 Å². The SMILES string of the molecule is CCOC(=O)c1c(NC(=O)c2ccc(Cl)cc2)sc(C(=O)Nc2cccc(Cl)c2C)c1C. The fourth-order valence-electron chi connectivity index (χ4n) is 2.97.